The number of anilines is 1. The fourth-order valence-electron chi connectivity index (χ4n) is 4.16. The molecule has 0 saturated carbocycles. The summed E-state index contributed by atoms with van der Waals surface area (Å²) in [5, 5.41) is 10.9. The van der Waals surface area contributed by atoms with Crippen LogP contribution in [0.1, 0.15) is 24.8 Å². The van der Waals surface area contributed by atoms with E-state index >= 15 is 0 Å². The van der Waals surface area contributed by atoms with Gasteiger partial charge in [-0.2, -0.15) is 0 Å². The second-order valence-corrected chi connectivity index (χ2v) is 7.48. The van der Waals surface area contributed by atoms with Crippen LogP contribution in [0.4, 0.5) is 5.69 Å². The minimum atomic E-state index is -0.771. The quantitative estimate of drug-likeness (QED) is 0.919. The van der Waals surface area contributed by atoms with Gasteiger partial charge in [-0.15, -0.1) is 0 Å². The van der Waals surface area contributed by atoms with Crippen LogP contribution in [0.5, 0.6) is 0 Å². The number of carbonyl (C=O) groups excluding carboxylic acids is 1. The summed E-state index contributed by atoms with van der Waals surface area (Å²) < 4.78 is 0. The van der Waals surface area contributed by atoms with Crippen LogP contribution in [0.25, 0.3) is 0 Å². The van der Waals surface area contributed by atoms with Crippen molar-refractivity contribution in [1.82, 2.24) is 9.88 Å². The Bertz CT molecular complexity index is 742. The summed E-state index contributed by atoms with van der Waals surface area (Å²) in [4.78, 5) is 20.8. The Morgan fingerprint density at radius 3 is 2.58 bits per heavy atom. The molecule has 0 spiro atoms. The fourth-order valence-corrected chi connectivity index (χ4v) is 4.16. The highest BCUT2D eigenvalue weighted by Gasteiger charge is 2.37. The lowest BCUT2D eigenvalue weighted by Gasteiger charge is -2.39. The molecule has 0 unspecified atom stereocenters. The number of aromatic nitrogens is 1. The van der Waals surface area contributed by atoms with Gasteiger partial charge in [-0.3, -0.25) is 9.78 Å². The number of hydrogen-bond donors (Lipinski definition) is 1. The van der Waals surface area contributed by atoms with Gasteiger partial charge in [-0.1, -0.05) is 24.3 Å². The van der Waals surface area contributed by atoms with Crippen LogP contribution in [0.15, 0.2) is 54.9 Å². The van der Waals surface area contributed by atoms with Crippen molar-refractivity contribution in [2.24, 2.45) is 5.92 Å². The highest BCUT2D eigenvalue weighted by molar-refractivity contribution is 5.95. The molecule has 2 saturated heterocycles. The van der Waals surface area contributed by atoms with Gasteiger partial charge >= 0.3 is 0 Å². The lowest BCUT2D eigenvalue weighted by Crippen LogP contribution is -2.44. The van der Waals surface area contributed by atoms with Crippen LogP contribution in [0.3, 0.4) is 0 Å². The van der Waals surface area contributed by atoms with E-state index in [9.17, 15) is 9.90 Å². The van der Waals surface area contributed by atoms with Crippen molar-refractivity contribution in [1.29, 1.82) is 0 Å². The van der Waals surface area contributed by atoms with Crippen LogP contribution in [-0.2, 0) is 10.4 Å². The molecule has 3 heterocycles. The van der Waals surface area contributed by atoms with E-state index in [0.29, 0.717) is 25.2 Å². The number of piperidine rings is 1. The summed E-state index contributed by atoms with van der Waals surface area (Å²) in [6.07, 6.45) is 5.53. The first-order chi connectivity index (χ1) is 12.6. The Hall–Kier alpha value is -2.24. The molecule has 0 aliphatic carbocycles. The lowest BCUT2D eigenvalue weighted by molar-refractivity contribution is -0.117. The second kappa shape index (κ2) is 7.17. The van der Waals surface area contributed by atoms with E-state index in [4.69, 9.17) is 0 Å². The third kappa shape index (κ3) is 3.50. The Labute approximate surface area is 154 Å². The molecule has 5 nitrogen and oxygen atoms in total. The minimum absolute atomic E-state index is 0.213. The molecule has 26 heavy (non-hydrogen) atoms. The molecule has 0 bridgehead atoms. The molecule has 2 aliphatic rings. The van der Waals surface area contributed by atoms with E-state index in [1.54, 1.807) is 12.4 Å². The highest BCUT2D eigenvalue weighted by Crippen LogP contribution is 2.33. The second-order valence-electron chi connectivity index (χ2n) is 7.48. The summed E-state index contributed by atoms with van der Waals surface area (Å²) in [7, 11) is 0. The van der Waals surface area contributed by atoms with E-state index < -0.39 is 5.60 Å². The normalized spacial score (nSPS) is 23.3. The zero-order chi connectivity index (χ0) is 18.0. The number of nitrogens with zero attached hydrogens (tertiary/aromatic N) is 3. The topological polar surface area (TPSA) is 56.7 Å². The van der Waals surface area contributed by atoms with E-state index in [1.807, 2.05) is 47.4 Å². The molecular weight excluding hydrogens is 326 g/mol. The maximum atomic E-state index is 12.4. The van der Waals surface area contributed by atoms with Crippen LogP contribution in [0.2, 0.25) is 0 Å². The molecule has 1 amide bonds. The number of para-hydroxylation sites is 1. The molecule has 2 aromatic rings. The van der Waals surface area contributed by atoms with Gasteiger partial charge < -0.3 is 14.9 Å². The molecular formula is C21H25N3O2. The Morgan fingerprint density at radius 1 is 1.12 bits per heavy atom. The molecule has 1 aromatic heterocycles. The van der Waals surface area contributed by atoms with Gasteiger partial charge in [0.25, 0.3) is 0 Å². The van der Waals surface area contributed by atoms with Crippen molar-refractivity contribution >= 4 is 11.6 Å². The Morgan fingerprint density at radius 2 is 1.88 bits per heavy atom. The van der Waals surface area contributed by atoms with Crippen LogP contribution in [-0.4, -0.2) is 47.1 Å². The number of amides is 1. The number of hydrogen-bond acceptors (Lipinski definition) is 4. The van der Waals surface area contributed by atoms with Crippen molar-refractivity contribution in [3.05, 3.63) is 60.4 Å². The zero-order valence-electron chi connectivity index (χ0n) is 14.9. The first-order valence-electron chi connectivity index (χ1n) is 9.35. The van der Waals surface area contributed by atoms with Gasteiger partial charge in [0, 0.05) is 56.2 Å². The molecule has 0 radical (unpaired) electrons. The largest absolute Gasteiger partial charge is 0.385 e. The maximum absolute atomic E-state index is 12.4. The van der Waals surface area contributed by atoms with Gasteiger partial charge in [-0.25, -0.2) is 0 Å². The molecule has 1 aromatic carbocycles. The molecule has 1 atom stereocenters. The monoisotopic (exact) mass is 351 g/mol. The van der Waals surface area contributed by atoms with E-state index in [2.05, 4.69) is 9.88 Å². The molecule has 136 valence electrons. The molecule has 2 aliphatic heterocycles. The number of pyridine rings is 1. The van der Waals surface area contributed by atoms with Crippen molar-refractivity contribution in [2.45, 2.75) is 24.9 Å². The standard InChI is InChI=1S/C21H25N3O2/c25-20-13-17(16-24(20)19-6-2-1-3-7-19)15-23-11-8-21(26,9-12-23)18-5-4-10-22-14-18/h1-7,10,14,17,26H,8-9,11-13,15-16H2/t17-/m1/s1. The molecule has 4 rings (SSSR count). The first kappa shape index (κ1) is 17.2. The van der Waals surface area contributed by atoms with E-state index in [0.717, 1.165) is 37.4 Å². The summed E-state index contributed by atoms with van der Waals surface area (Å²) >= 11 is 0. The SMILES string of the molecule is O=C1C[C@H](CN2CCC(O)(c3cccnc3)CC2)CN1c1ccccc1. The van der Waals surface area contributed by atoms with Crippen molar-refractivity contribution < 1.29 is 9.90 Å². The van der Waals surface area contributed by atoms with Gasteiger partial charge in [0.15, 0.2) is 0 Å². The summed E-state index contributed by atoms with van der Waals surface area (Å²) in [6.45, 7) is 3.40. The number of benzene rings is 1. The van der Waals surface area contributed by atoms with Gasteiger partial charge in [-0.05, 0) is 37.0 Å². The predicted molar refractivity (Wildman–Crippen MR) is 101 cm³/mol. The minimum Gasteiger partial charge on any atom is -0.385 e. The van der Waals surface area contributed by atoms with Gasteiger partial charge in [0.1, 0.15) is 0 Å². The molecule has 5 heteroatoms. The maximum Gasteiger partial charge on any atom is 0.227 e. The van der Waals surface area contributed by atoms with Crippen LogP contribution < -0.4 is 4.90 Å². The van der Waals surface area contributed by atoms with Gasteiger partial charge in [0.2, 0.25) is 5.91 Å². The summed E-state index contributed by atoms with van der Waals surface area (Å²) in [5.74, 6) is 0.567. The zero-order valence-corrected chi connectivity index (χ0v) is 14.9. The smallest absolute Gasteiger partial charge is 0.227 e. The van der Waals surface area contributed by atoms with E-state index in [-0.39, 0.29) is 5.91 Å². The number of aliphatic hydroxyl groups is 1. The Kier molecular flexibility index (Phi) is 4.74. The average molecular weight is 351 g/mol. The van der Waals surface area contributed by atoms with Crippen molar-refractivity contribution in [3.8, 4) is 0 Å². The van der Waals surface area contributed by atoms with Crippen LogP contribution >= 0.6 is 0 Å². The predicted octanol–water partition coefficient (Wildman–Crippen LogP) is 2.42. The lowest BCUT2D eigenvalue weighted by atomic mass is 9.85. The average Bonchev–Trinajstić information content (AvgIpc) is 3.05. The third-order valence-corrected chi connectivity index (χ3v) is 5.67. The molecule has 1 N–H and O–H groups in total. The van der Waals surface area contributed by atoms with Crippen molar-refractivity contribution in [2.75, 3.05) is 31.1 Å². The summed E-state index contributed by atoms with van der Waals surface area (Å²) in [5.41, 5.74) is 1.13. The first-order valence-corrected chi connectivity index (χ1v) is 9.35. The van der Waals surface area contributed by atoms with Crippen LogP contribution in [0, 0.1) is 5.92 Å². The van der Waals surface area contributed by atoms with E-state index in [1.165, 1.54) is 0 Å². The number of likely N-dealkylation sites (tertiary alicyclic amines) is 1. The number of rotatable bonds is 4. The molecule has 2 fully saturated rings. The summed E-state index contributed by atoms with van der Waals surface area (Å²) in [6, 6.07) is 13.7. The van der Waals surface area contributed by atoms with Crippen molar-refractivity contribution in [3.63, 3.8) is 0 Å². The van der Waals surface area contributed by atoms with Gasteiger partial charge in [0.05, 0.1) is 5.60 Å². The third-order valence-electron chi connectivity index (χ3n) is 5.67. The fraction of sp³-hybridized carbons (Fsp3) is 0.429. The number of carbonyl (C=O) groups is 1. The highest BCUT2D eigenvalue weighted by atomic mass is 16.3. The Balaban J connectivity index is 1.33.